The van der Waals surface area contributed by atoms with Crippen LogP contribution in [0.25, 0.3) is 0 Å². The van der Waals surface area contributed by atoms with Crippen LogP contribution in [0.5, 0.6) is 0 Å². The number of hydrogen-bond acceptors (Lipinski definition) is 4. The molecule has 0 radical (unpaired) electrons. The van der Waals surface area contributed by atoms with E-state index in [1.807, 2.05) is 6.92 Å². The third-order valence-corrected chi connectivity index (χ3v) is 8.95. The number of anilines is 1. The lowest BCUT2D eigenvalue weighted by Gasteiger charge is -2.33. The number of benzene rings is 3. The number of nitrogens with one attached hydrogen (secondary N) is 1. The Kier molecular flexibility index (Phi) is 10.8. The Hall–Kier alpha value is -2.59. The molecule has 1 atom stereocenters. The number of likely N-dealkylation sites (N-methyl/N-ethyl adjacent to an activating group) is 1. The van der Waals surface area contributed by atoms with Gasteiger partial charge in [0.1, 0.15) is 12.6 Å². The number of carbonyl (C=O) groups excluding carboxylic acids is 2. The highest BCUT2D eigenvalue weighted by Crippen LogP contribution is 2.28. The number of carbonyl (C=O) groups is 2. The standard InChI is InChI=1S/C28H30BrCl2N3O4S/c1-4-26(28(36)32-5-2)33(17-20-11-12-22(30)16-25(20)31)27(35)18-34(23-8-6-7-21(29)15-23)39(37,38)24-13-9-19(3)10-14-24/h6-16,26H,4-5,17-18H2,1-3H3,(H,32,36). The largest absolute Gasteiger partial charge is 0.355 e. The Balaban J connectivity index is 2.08. The number of aryl methyl sites for hydroxylation is 1. The minimum absolute atomic E-state index is 0.0125. The summed E-state index contributed by atoms with van der Waals surface area (Å²) in [5.74, 6) is -0.899. The van der Waals surface area contributed by atoms with Crippen molar-refractivity contribution >= 4 is 66.7 Å². The molecule has 0 heterocycles. The number of hydrogen-bond donors (Lipinski definition) is 1. The molecule has 0 saturated carbocycles. The maximum atomic E-state index is 14.0. The Morgan fingerprint density at radius 1 is 1.00 bits per heavy atom. The molecule has 39 heavy (non-hydrogen) atoms. The second kappa shape index (κ2) is 13.7. The van der Waals surface area contributed by atoms with Gasteiger partial charge in [0.2, 0.25) is 11.8 Å². The second-order valence-electron chi connectivity index (χ2n) is 8.88. The van der Waals surface area contributed by atoms with Crippen LogP contribution in [0.1, 0.15) is 31.4 Å². The molecular formula is C28H30BrCl2N3O4S. The summed E-state index contributed by atoms with van der Waals surface area (Å²) in [6.07, 6.45) is 0.310. The normalized spacial score (nSPS) is 12.1. The third kappa shape index (κ3) is 7.75. The average molecular weight is 655 g/mol. The average Bonchev–Trinajstić information content (AvgIpc) is 2.88. The third-order valence-electron chi connectivity index (χ3n) is 6.08. The number of rotatable bonds is 11. The van der Waals surface area contributed by atoms with Gasteiger partial charge in [-0.15, -0.1) is 0 Å². The Morgan fingerprint density at radius 2 is 1.69 bits per heavy atom. The molecule has 0 fully saturated rings. The molecule has 0 bridgehead atoms. The molecule has 0 spiro atoms. The Bertz CT molecular complexity index is 1430. The van der Waals surface area contributed by atoms with Gasteiger partial charge < -0.3 is 10.2 Å². The number of halogens is 3. The van der Waals surface area contributed by atoms with Gasteiger partial charge in [-0.25, -0.2) is 8.42 Å². The summed E-state index contributed by atoms with van der Waals surface area (Å²) in [6.45, 7) is 5.27. The predicted octanol–water partition coefficient (Wildman–Crippen LogP) is 6.20. The molecule has 7 nitrogen and oxygen atoms in total. The molecule has 208 valence electrons. The minimum atomic E-state index is -4.14. The van der Waals surface area contributed by atoms with Gasteiger partial charge in [-0.2, -0.15) is 0 Å². The van der Waals surface area contributed by atoms with Crippen molar-refractivity contribution in [3.63, 3.8) is 0 Å². The predicted molar refractivity (Wildman–Crippen MR) is 160 cm³/mol. The van der Waals surface area contributed by atoms with Gasteiger partial charge in [0, 0.05) is 27.6 Å². The summed E-state index contributed by atoms with van der Waals surface area (Å²) in [5.41, 5.74) is 1.78. The molecule has 0 saturated heterocycles. The topological polar surface area (TPSA) is 86.8 Å². The first kappa shape index (κ1) is 30.9. The quantitative estimate of drug-likeness (QED) is 0.267. The van der Waals surface area contributed by atoms with Crippen molar-refractivity contribution in [2.75, 3.05) is 17.4 Å². The first-order chi connectivity index (χ1) is 18.5. The van der Waals surface area contributed by atoms with Crippen LogP contribution in [0.15, 0.2) is 76.1 Å². The number of nitrogens with zero attached hydrogens (tertiary/aromatic N) is 2. The van der Waals surface area contributed by atoms with E-state index >= 15 is 0 Å². The lowest BCUT2D eigenvalue weighted by atomic mass is 10.1. The van der Waals surface area contributed by atoms with Crippen molar-refractivity contribution < 1.29 is 18.0 Å². The zero-order valence-corrected chi connectivity index (χ0v) is 25.7. The van der Waals surface area contributed by atoms with E-state index in [-0.39, 0.29) is 17.3 Å². The highest BCUT2D eigenvalue weighted by atomic mass is 79.9. The van der Waals surface area contributed by atoms with E-state index in [4.69, 9.17) is 23.2 Å². The van der Waals surface area contributed by atoms with Gasteiger partial charge in [0.25, 0.3) is 10.0 Å². The molecule has 0 aliphatic carbocycles. The zero-order valence-electron chi connectivity index (χ0n) is 21.8. The van der Waals surface area contributed by atoms with E-state index in [2.05, 4.69) is 21.2 Å². The second-order valence-corrected chi connectivity index (χ2v) is 12.5. The molecule has 3 aromatic carbocycles. The Morgan fingerprint density at radius 3 is 2.28 bits per heavy atom. The van der Waals surface area contributed by atoms with Crippen LogP contribution in [-0.2, 0) is 26.2 Å². The molecule has 11 heteroatoms. The smallest absolute Gasteiger partial charge is 0.264 e. The first-order valence-electron chi connectivity index (χ1n) is 12.3. The summed E-state index contributed by atoms with van der Waals surface area (Å²) in [5, 5.41) is 3.54. The van der Waals surface area contributed by atoms with E-state index in [0.29, 0.717) is 38.7 Å². The minimum Gasteiger partial charge on any atom is -0.355 e. The fraction of sp³-hybridized carbons (Fsp3) is 0.286. The van der Waals surface area contributed by atoms with Crippen LogP contribution < -0.4 is 9.62 Å². The van der Waals surface area contributed by atoms with Crippen molar-refractivity contribution in [2.24, 2.45) is 0 Å². The summed E-state index contributed by atoms with van der Waals surface area (Å²) < 4.78 is 29.4. The van der Waals surface area contributed by atoms with Gasteiger partial charge in [-0.3, -0.25) is 13.9 Å². The lowest BCUT2D eigenvalue weighted by molar-refractivity contribution is -0.140. The monoisotopic (exact) mass is 653 g/mol. The van der Waals surface area contributed by atoms with Gasteiger partial charge in [0.15, 0.2) is 0 Å². The molecule has 0 aromatic heterocycles. The van der Waals surface area contributed by atoms with Crippen molar-refractivity contribution in [3.8, 4) is 0 Å². The van der Waals surface area contributed by atoms with E-state index < -0.39 is 28.5 Å². The van der Waals surface area contributed by atoms with Crippen LogP contribution in [-0.4, -0.2) is 44.3 Å². The van der Waals surface area contributed by atoms with Crippen LogP contribution in [0.3, 0.4) is 0 Å². The van der Waals surface area contributed by atoms with Crippen molar-refractivity contribution in [2.45, 2.75) is 44.7 Å². The van der Waals surface area contributed by atoms with Crippen molar-refractivity contribution in [1.29, 1.82) is 0 Å². The summed E-state index contributed by atoms with van der Waals surface area (Å²) in [7, 11) is -4.14. The number of sulfonamides is 1. The molecule has 0 aliphatic heterocycles. The fourth-order valence-electron chi connectivity index (χ4n) is 4.04. The fourth-order valence-corrected chi connectivity index (χ4v) is 6.30. The molecule has 3 rings (SSSR count). The molecule has 2 amide bonds. The summed E-state index contributed by atoms with van der Waals surface area (Å²) in [4.78, 5) is 28.4. The molecule has 1 N–H and O–H groups in total. The van der Waals surface area contributed by atoms with Crippen molar-refractivity contribution in [1.82, 2.24) is 10.2 Å². The van der Waals surface area contributed by atoms with E-state index in [1.165, 1.54) is 17.0 Å². The van der Waals surface area contributed by atoms with Gasteiger partial charge >= 0.3 is 0 Å². The summed E-state index contributed by atoms with van der Waals surface area (Å²) >= 11 is 15.9. The first-order valence-corrected chi connectivity index (χ1v) is 15.3. The highest BCUT2D eigenvalue weighted by molar-refractivity contribution is 9.10. The number of amides is 2. The Labute approximate surface area is 248 Å². The van der Waals surface area contributed by atoms with Gasteiger partial charge in [-0.1, -0.05) is 75.9 Å². The maximum absolute atomic E-state index is 14.0. The summed E-state index contributed by atoms with van der Waals surface area (Å²) in [6, 6.07) is 17.2. The lowest BCUT2D eigenvalue weighted by Crippen LogP contribution is -2.52. The molecule has 3 aromatic rings. The van der Waals surface area contributed by atoms with Crippen LogP contribution >= 0.6 is 39.1 Å². The zero-order chi connectivity index (χ0) is 28.7. The SMILES string of the molecule is CCNC(=O)C(CC)N(Cc1ccc(Cl)cc1Cl)C(=O)CN(c1cccc(Br)c1)S(=O)(=O)c1ccc(C)cc1. The highest BCUT2D eigenvalue weighted by Gasteiger charge is 2.34. The van der Waals surface area contributed by atoms with Crippen LogP contribution in [0.4, 0.5) is 5.69 Å². The molecule has 1 unspecified atom stereocenters. The van der Waals surface area contributed by atoms with Gasteiger partial charge in [-0.05, 0) is 68.3 Å². The van der Waals surface area contributed by atoms with E-state index in [9.17, 15) is 18.0 Å². The van der Waals surface area contributed by atoms with Gasteiger partial charge in [0.05, 0.1) is 10.6 Å². The van der Waals surface area contributed by atoms with Crippen molar-refractivity contribution in [3.05, 3.63) is 92.4 Å². The van der Waals surface area contributed by atoms with Crippen LogP contribution in [0, 0.1) is 6.92 Å². The van der Waals surface area contributed by atoms with E-state index in [0.717, 1.165) is 9.87 Å². The van der Waals surface area contributed by atoms with Crippen LogP contribution in [0.2, 0.25) is 10.0 Å². The molecular weight excluding hydrogens is 625 g/mol. The maximum Gasteiger partial charge on any atom is 0.264 e. The molecule has 0 aliphatic rings. The van der Waals surface area contributed by atoms with E-state index in [1.54, 1.807) is 68.4 Å².